The lowest BCUT2D eigenvalue weighted by Crippen LogP contribution is -2.13. The van der Waals surface area contributed by atoms with Gasteiger partial charge in [0, 0.05) is 23.5 Å². The molecule has 146 valence electrons. The molecule has 0 aliphatic rings. The molecule has 0 spiro atoms. The fourth-order valence-corrected chi connectivity index (χ4v) is 2.56. The van der Waals surface area contributed by atoms with Gasteiger partial charge in [0.2, 0.25) is 5.95 Å². The molecule has 0 amide bonds. The molecule has 0 aliphatic heterocycles. The average Bonchev–Trinajstić information content (AvgIpc) is 2.71. The zero-order valence-corrected chi connectivity index (χ0v) is 16.2. The van der Waals surface area contributed by atoms with Crippen LogP contribution in [0.15, 0.2) is 54.6 Å². The first-order valence-corrected chi connectivity index (χ1v) is 8.94. The predicted molar refractivity (Wildman–Crippen MR) is 110 cm³/mol. The lowest BCUT2D eigenvalue weighted by Gasteiger charge is -2.11. The van der Waals surface area contributed by atoms with E-state index in [1.54, 1.807) is 14.2 Å². The van der Waals surface area contributed by atoms with Crippen molar-refractivity contribution in [2.45, 2.75) is 6.92 Å². The minimum atomic E-state index is 0.508. The number of anilines is 3. The van der Waals surface area contributed by atoms with E-state index in [1.165, 1.54) is 0 Å². The van der Waals surface area contributed by atoms with Crippen LogP contribution < -0.4 is 24.8 Å². The summed E-state index contributed by atoms with van der Waals surface area (Å²) in [5.41, 5.74) is 1.72. The van der Waals surface area contributed by atoms with E-state index in [0.717, 1.165) is 34.4 Å². The van der Waals surface area contributed by atoms with Gasteiger partial charge in [-0.1, -0.05) is 6.07 Å². The molecule has 28 heavy (non-hydrogen) atoms. The zero-order chi connectivity index (χ0) is 19.8. The highest BCUT2D eigenvalue weighted by Crippen LogP contribution is 2.21. The van der Waals surface area contributed by atoms with E-state index in [-0.39, 0.29) is 0 Å². The Kier molecular flexibility index (Phi) is 6.51. The molecule has 7 nitrogen and oxygen atoms in total. The molecule has 0 unspecified atom stereocenters. The molecule has 2 aromatic carbocycles. The van der Waals surface area contributed by atoms with Crippen LogP contribution in [0.5, 0.6) is 17.2 Å². The highest BCUT2D eigenvalue weighted by Gasteiger charge is 2.04. The Labute approximate surface area is 164 Å². The first-order valence-electron chi connectivity index (χ1n) is 8.94. The number of benzene rings is 2. The van der Waals surface area contributed by atoms with Gasteiger partial charge in [0.25, 0.3) is 0 Å². The maximum Gasteiger partial charge on any atom is 0.229 e. The summed E-state index contributed by atoms with van der Waals surface area (Å²) in [6.07, 6.45) is 0. The SMILES string of the molecule is COc1ccc(OCCNc2cc(C)nc(Nc3cccc(OC)c3)n2)cc1. The van der Waals surface area contributed by atoms with Gasteiger partial charge in [-0.25, -0.2) is 4.98 Å². The zero-order valence-electron chi connectivity index (χ0n) is 16.2. The van der Waals surface area contributed by atoms with E-state index in [0.29, 0.717) is 19.1 Å². The van der Waals surface area contributed by atoms with E-state index >= 15 is 0 Å². The number of aromatic nitrogens is 2. The number of hydrogen-bond donors (Lipinski definition) is 2. The van der Waals surface area contributed by atoms with Gasteiger partial charge in [0.05, 0.1) is 20.8 Å². The van der Waals surface area contributed by atoms with E-state index in [2.05, 4.69) is 20.6 Å². The molecule has 1 aromatic heterocycles. The summed E-state index contributed by atoms with van der Waals surface area (Å²) in [4.78, 5) is 8.94. The highest BCUT2D eigenvalue weighted by atomic mass is 16.5. The van der Waals surface area contributed by atoms with Crippen LogP contribution in [0.1, 0.15) is 5.69 Å². The standard InChI is InChI=1S/C21H24N4O3/c1-15-13-20(22-11-12-28-18-9-7-17(26-2)8-10-18)25-21(23-15)24-16-5-4-6-19(14-16)27-3/h4-10,13-14H,11-12H2,1-3H3,(H2,22,23,24,25). The molecule has 3 rings (SSSR count). The predicted octanol–water partition coefficient (Wildman–Crippen LogP) is 4.04. The lowest BCUT2D eigenvalue weighted by molar-refractivity contribution is 0.331. The van der Waals surface area contributed by atoms with E-state index in [4.69, 9.17) is 14.2 Å². The topological polar surface area (TPSA) is 77.5 Å². The monoisotopic (exact) mass is 380 g/mol. The maximum atomic E-state index is 5.72. The van der Waals surface area contributed by atoms with Crippen molar-refractivity contribution in [2.24, 2.45) is 0 Å². The Bertz CT molecular complexity index is 900. The van der Waals surface area contributed by atoms with Crippen LogP contribution in [0.4, 0.5) is 17.5 Å². The number of methoxy groups -OCH3 is 2. The number of nitrogens with one attached hydrogen (secondary N) is 2. The Morgan fingerprint density at radius 2 is 1.61 bits per heavy atom. The Morgan fingerprint density at radius 3 is 2.36 bits per heavy atom. The molecule has 0 saturated heterocycles. The summed E-state index contributed by atoms with van der Waals surface area (Å²) in [7, 11) is 3.28. The Hall–Kier alpha value is -3.48. The Morgan fingerprint density at radius 1 is 0.857 bits per heavy atom. The molecule has 0 saturated carbocycles. The third kappa shape index (κ3) is 5.51. The fourth-order valence-electron chi connectivity index (χ4n) is 2.56. The second-order valence-corrected chi connectivity index (χ2v) is 6.03. The van der Waals surface area contributed by atoms with Crippen LogP contribution in [-0.4, -0.2) is 37.3 Å². The molecule has 0 fully saturated rings. The van der Waals surface area contributed by atoms with Gasteiger partial charge < -0.3 is 24.8 Å². The second-order valence-electron chi connectivity index (χ2n) is 6.03. The molecular formula is C21H24N4O3. The van der Waals surface area contributed by atoms with E-state index < -0.39 is 0 Å². The summed E-state index contributed by atoms with van der Waals surface area (Å²) >= 11 is 0. The van der Waals surface area contributed by atoms with Crippen LogP contribution in [0.3, 0.4) is 0 Å². The summed E-state index contributed by atoms with van der Waals surface area (Å²) in [6.45, 7) is 3.05. The van der Waals surface area contributed by atoms with Crippen LogP contribution in [0.2, 0.25) is 0 Å². The third-order valence-electron chi connectivity index (χ3n) is 3.92. The second kappa shape index (κ2) is 9.45. The van der Waals surface area contributed by atoms with E-state index in [9.17, 15) is 0 Å². The van der Waals surface area contributed by atoms with Crippen LogP contribution in [-0.2, 0) is 0 Å². The van der Waals surface area contributed by atoms with Crippen LogP contribution in [0.25, 0.3) is 0 Å². The van der Waals surface area contributed by atoms with Gasteiger partial charge in [-0.05, 0) is 43.3 Å². The van der Waals surface area contributed by atoms with Crippen molar-refractivity contribution < 1.29 is 14.2 Å². The Balaban J connectivity index is 1.55. The van der Waals surface area contributed by atoms with Crippen molar-refractivity contribution >= 4 is 17.5 Å². The first-order chi connectivity index (χ1) is 13.7. The third-order valence-corrected chi connectivity index (χ3v) is 3.92. The van der Waals surface area contributed by atoms with Crippen molar-refractivity contribution in [1.29, 1.82) is 0 Å². The van der Waals surface area contributed by atoms with Gasteiger partial charge in [0.15, 0.2) is 0 Å². The number of rotatable bonds is 9. The maximum absolute atomic E-state index is 5.72. The smallest absolute Gasteiger partial charge is 0.229 e. The fraction of sp³-hybridized carbons (Fsp3) is 0.238. The minimum absolute atomic E-state index is 0.508. The largest absolute Gasteiger partial charge is 0.497 e. The van der Waals surface area contributed by atoms with Crippen molar-refractivity contribution in [2.75, 3.05) is 38.0 Å². The molecule has 1 heterocycles. The van der Waals surface area contributed by atoms with Crippen molar-refractivity contribution in [3.05, 3.63) is 60.3 Å². The lowest BCUT2D eigenvalue weighted by atomic mass is 10.3. The van der Waals surface area contributed by atoms with Crippen LogP contribution in [0, 0.1) is 6.92 Å². The molecule has 0 bridgehead atoms. The summed E-state index contributed by atoms with van der Waals surface area (Å²) < 4.78 is 16.1. The minimum Gasteiger partial charge on any atom is -0.497 e. The van der Waals surface area contributed by atoms with Crippen molar-refractivity contribution in [3.63, 3.8) is 0 Å². The normalized spacial score (nSPS) is 10.2. The summed E-state index contributed by atoms with van der Waals surface area (Å²) in [6, 6.07) is 17.0. The van der Waals surface area contributed by atoms with Crippen molar-refractivity contribution in [3.8, 4) is 17.2 Å². The van der Waals surface area contributed by atoms with Gasteiger partial charge in [-0.15, -0.1) is 0 Å². The molecule has 3 aromatic rings. The number of hydrogen-bond acceptors (Lipinski definition) is 7. The first kappa shape index (κ1) is 19.3. The van der Waals surface area contributed by atoms with Gasteiger partial charge in [-0.3, -0.25) is 0 Å². The average molecular weight is 380 g/mol. The molecule has 2 N–H and O–H groups in total. The molecule has 7 heteroatoms. The molecular weight excluding hydrogens is 356 g/mol. The molecule has 0 atom stereocenters. The highest BCUT2D eigenvalue weighted by molar-refractivity contribution is 5.57. The van der Waals surface area contributed by atoms with Gasteiger partial charge in [-0.2, -0.15) is 4.98 Å². The number of nitrogens with zero attached hydrogens (tertiary/aromatic N) is 2. The van der Waals surface area contributed by atoms with Gasteiger partial charge >= 0.3 is 0 Å². The van der Waals surface area contributed by atoms with E-state index in [1.807, 2.05) is 61.5 Å². The number of ether oxygens (including phenoxy) is 3. The van der Waals surface area contributed by atoms with Crippen molar-refractivity contribution in [1.82, 2.24) is 9.97 Å². The van der Waals surface area contributed by atoms with Gasteiger partial charge in [0.1, 0.15) is 29.7 Å². The quantitative estimate of drug-likeness (QED) is 0.543. The van der Waals surface area contributed by atoms with Crippen LogP contribution >= 0.6 is 0 Å². The number of aryl methyl sites for hydroxylation is 1. The molecule has 0 aliphatic carbocycles. The summed E-state index contributed by atoms with van der Waals surface area (Å²) in [5.74, 6) is 3.62. The molecule has 0 radical (unpaired) electrons. The summed E-state index contributed by atoms with van der Waals surface area (Å²) in [5, 5.41) is 6.46.